The first-order valence-electron chi connectivity index (χ1n) is 6.49. The van der Waals surface area contributed by atoms with Gasteiger partial charge in [-0.05, 0) is 12.3 Å². The first-order valence-corrected chi connectivity index (χ1v) is 7.96. The Morgan fingerprint density at radius 3 is 2.60 bits per heavy atom. The standard InChI is InChI=1S/C12H16F2O5S/c1-5-6-4-11(2)8(5)19-20(16,17)9(11)7(6)18-10(15)12(3,13)14/h5-9H,4H2,1-3H3. The number of carbonyl (C=O) groups excluding carboxylic acids is 1. The molecule has 3 aliphatic rings. The molecule has 3 fully saturated rings. The van der Waals surface area contributed by atoms with Crippen LogP contribution in [0.3, 0.4) is 0 Å². The van der Waals surface area contributed by atoms with Gasteiger partial charge in [0.25, 0.3) is 10.1 Å². The predicted molar refractivity (Wildman–Crippen MR) is 63.5 cm³/mol. The van der Waals surface area contributed by atoms with Gasteiger partial charge in [-0.1, -0.05) is 13.8 Å². The lowest BCUT2D eigenvalue weighted by molar-refractivity contribution is -0.178. The van der Waals surface area contributed by atoms with Gasteiger partial charge in [0.05, 0.1) is 6.10 Å². The summed E-state index contributed by atoms with van der Waals surface area (Å²) in [4.78, 5) is 11.4. The quantitative estimate of drug-likeness (QED) is 0.568. The van der Waals surface area contributed by atoms with Crippen molar-refractivity contribution in [2.75, 3.05) is 0 Å². The summed E-state index contributed by atoms with van der Waals surface area (Å²) in [5, 5.41) is -1.03. The van der Waals surface area contributed by atoms with Crippen LogP contribution in [-0.2, 0) is 23.8 Å². The molecule has 0 radical (unpaired) electrons. The number of fused-ring (bicyclic) bond motifs is 1. The maximum absolute atomic E-state index is 13.0. The molecule has 3 rings (SSSR count). The lowest BCUT2D eigenvalue weighted by Crippen LogP contribution is -2.48. The number of esters is 1. The van der Waals surface area contributed by atoms with Crippen molar-refractivity contribution in [3.05, 3.63) is 0 Å². The van der Waals surface area contributed by atoms with E-state index in [1.54, 1.807) is 6.92 Å². The fraction of sp³-hybridized carbons (Fsp3) is 0.917. The maximum atomic E-state index is 13.0. The van der Waals surface area contributed by atoms with Gasteiger partial charge in [0.1, 0.15) is 11.4 Å². The summed E-state index contributed by atoms with van der Waals surface area (Å²) in [6, 6.07) is 0. The van der Waals surface area contributed by atoms with Gasteiger partial charge in [0.15, 0.2) is 0 Å². The number of carbonyl (C=O) groups is 1. The molecule has 0 amide bonds. The Hall–Kier alpha value is -0.760. The molecule has 0 spiro atoms. The zero-order valence-corrected chi connectivity index (χ0v) is 12.1. The van der Waals surface area contributed by atoms with Gasteiger partial charge in [-0.2, -0.15) is 17.2 Å². The monoisotopic (exact) mass is 310 g/mol. The van der Waals surface area contributed by atoms with Crippen LogP contribution in [0.15, 0.2) is 0 Å². The zero-order valence-electron chi connectivity index (χ0n) is 11.3. The summed E-state index contributed by atoms with van der Waals surface area (Å²) < 4.78 is 60.1. The maximum Gasteiger partial charge on any atom is 0.376 e. The molecule has 1 saturated heterocycles. The smallest absolute Gasteiger partial charge is 0.376 e. The first kappa shape index (κ1) is 14.2. The number of hydrogen-bond donors (Lipinski definition) is 0. The first-order chi connectivity index (χ1) is 8.98. The Balaban J connectivity index is 1.96. The highest BCUT2D eigenvalue weighted by atomic mass is 32.2. The van der Waals surface area contributed by atoms with Crippen molar-refractivity contribution >= 4 is 16.1 Å². The molecule has 5 nitrogen and oxygen atoms in total. The van der Waals surface area contributed by atoms with Crippen molar-refractivity contribution in [2.24, 2.45) is 17.3 Å². The fourth-order valence-electron chi connectivity index (χ4n) is 4.20. The van der Waals surface area contributed by atoms with Crippen molar-refractivity contribution in [1.29, 1.82) is 0 Å². The van der Waals surface area contributed by atoms with Crippen LogP contribution in [0.5, 0.6) is 0 Å². The van der Waals surface area contributed by atoms with Gasteiger partial charge in [-0.25, -0.2) is 4.79 Å². The molecule has 6 unspecified atom stereocenters. The van der Waals surface area contributed by atoms with Crippen molar-refractivity contribution in [2.45, 2.75) is 50.6 Å². The van der Waals surface area contributed by atoms with Crippen molar-refractivity contribution in [3.63, 3.8) is 0 Å². The van der Waals surface area contributed by atoms with Crippen molar-refractivity contribution in [3.8, 4) is 0 Å². The number of halogens is 2. The van der Waals surface area contributed by atoms with Crippen molar-refractivity contribution in [1.82, 2.24) is 0 Å². The second-order valence-electron chi connectivity index (χ2n) is 6.42. The van der Waals surface area contributed by atoms with E-state index in [1.807, 2.05) is 6.92 Å². The Labute approximate surface area is 115 Å². The summed E-state index contributed by atoms with van der Waals surface area (Å²) in [6.07, 6.45) is -0.979. The molecule has 1 heterocycles. The third-order valence-electron chi connectivity index (χ3n) is 5.00. The van der Waals surface area contributed by atoms with E-state index in [-0.39, 0.29) is 11.8 Å². The van der Waals surface area contributed by atoms with Gasteiger partial charge < -0.3 is 4.74 Å². The molecule has 0 aromatic heterocycles. The molecule has 0 aromatic rings. The Morgan fingerprint density at radius 1 is 1.45 bits per heavy atom. The van der Waals surface area contributed by atoms with Crippen LogP contribution in [-0.4, -0.2) is 37.8 Å². The predicted octanol–water partition coefficient (Wildman–Crippen LogP) is 1.33. The van der Waals surface area contributed by atoms with Crippen LogP contribution in [0.1, 0.15) is 27.2 Å². The third-order valence-corrected chi connectivity index (χ3v) is 6.90. The molecule has 114 valence electrons. The largest absolute Gasteiger partial charge is 0.456 e. The molecule has 0 N–H and O–H groups in total. The second-order valence-corrected chi connectivity index (χ2v) is 8.11. The highest BCUT2D eigenvalue weighted by molar-refractivity contribution is 7.87. The SMILES string of the molecule is CC1C2CC3(C)C1OS(=O)(=O)C3C2OC(=O)C(C)(F)F. The minimum Gasteiger partial charge on any atom is -0.456 e. The normalized spacial score (nSPS) is 48.5. The van der Waals surface area contributed by atoms with Crippen LogP contribution in [0.25, 0.3) is 0 Å². The van der Waals surface area contributed by atoms with E-state index in [0.29, 0.717) is 13.3 Å². The summed E-state index contributed by atoms with van der Waals surface area (Å²) in [7, 11) is -3.89. The van der Waals surface area contributed by atoms with E-state index < -0.39 is 44.9 Å². The van der Waals surface area contributed by atoms with E-state index >= 15 is 0 Å². The second kappa shape index (κ2) is 3.71. The fourth-order valence-corrected chi connectivity index (χ4v) is 6.48. The Morgan fingerprint density at radius 2 is 2.05 bits per heavy atom. The molecule has 2 aliphatic carbocycles. The lowest BCUT2D eigenvalue weighted by Gasteiger charge is -2.34. The minimum atomic E-state index is -3.89. The third kappa shape index (κ3) is 1.60. The minimum absolute atomic E-state index is 0.142. The van der Waals surface area contributed by atoms with Crippen LogP contribution < -0.4 is 0 Å². The van der Waals surface area contributed by atoms with Gasteiger partial charge in [-0.15, -0.1) is 0 Å². The summed E-state index contributed by atoms with van der Waals surface area (Å²) >= 11 is 0. The van der Waals surface area contributed by atoms with E-state index in [2.05, 4.69) is 0 Å². The topological polar surface area (TPSA) is 69.7 Å². The molecule has 8 heteroatoms. The van der Waals surface area contributed by atoms with E-state index in [9.17, 15) is 22.0 Å². The van der Waals surface area contributed by atoms with Crippen molar-refractivity contribution < 1.29 is 30.9 Å². The molecule has 0 aromatic carbocycles. The molecule has 6 atom stereocenters. The number of rotatable bonds is 2. The molecule has 1 aliphatic heterocycles. The summed E-state index contributed by atoms with van der Waals surface area (Å²) in [5.41, 5.74) is -0.656. The van der Waals surface area contributed by atoms with Gasteiger partial charge >= 0.3 is 11.9 Å². The molecule has 2 saturated carbocycles. The molecule has 2 bridgehead atoms. The van der Waals surface area contributed by atoms with Gasteiger partial charge in [-0.3, -0.25) is 4.18 Å². The molecular weight excluding hydrogens is 294 g/mol. The highest BCUT2D eigenvalue weighted by Crippen LogP contribution is 2.65. The average Bonchev–Trinajstić information content (AvgIpc) is 2.74. The van der Waals surface area contributed by atoms with Crippen LogP contribution in [0.2, 0.25) is 0 Å². The average molecular weight is 310 g/mol. The zero-order chi connectivity index (χ0) is 15.1. The summed E-state index contributed by atoms with van der Waals surface area (Å²) in [6.45, 7) is 4.01. The van der Waals surface area contributed by atoms with Crippen LogP contribution >= 0.6 is 0 Å². The lowest BCUT2D eigenvalue weighted by atomic mass is 9.78. The van der Waals surface area contributed by atoms with E-state index in [1.165, 1.54) is 0 Å². The van der Waals surface area contributed by atoms with Gasteiger partial charge in [0.2, 0.25) is 0 Å². The highest BCUT2D eigenvalue weighted by Gasteiger charge is 2.75. The Bertz CT molecular complexity index is 569. The Kier molecular flexibility index (Phi) is 2.63. The number of ether oxygens (including phenoxy) is 1. The van der Waals surface area contributed by atoms with Crippen LogP contribution in [0.4, 0.5) is 8.78 Å². The number of hydrogen-bond acceptors (Lipinski definition) is 5. The van der Waals surface area contributed by atoms with E-state index in [0.717, 1.165) is 0 Å². The van der Waals surface area contributed by atoms with E-state index in [4.69, 9.17) is 8.92 Å². The number of alkyl halides is 2. The molecule has 20 heavy (non-hydrogen) atoms. The van der Waals surface area contributed by atoms with Crippen LogP contribution in [0, 0.1) is 17.3 Å². The molecular formula is C12H16F2O5S. The van der Waals surface area contributed by atoms with Gasteiger partial charge in [0, 0.05) is 18.3 Å². The summed E-state index contributed by atoms with van der Waals surface area (Å²) in [5.74, 6) is -5.70.